The van der Waals surface area contributed by atoms with Gasteiger partial charge in [0.15, 0.2) is 11.5 Å². The van der Waals surface area contributed by atoms with Crippen LogP contribution < -0.4 is 0 Å². The molecule has 0 heterocycles. The van der Waals surface area contributed by atoms with E-state index in [2.05, 4.69) is 0 Å². The van der Waals surface area contributed by atoms with E-state index in [0.29, 0.717) is 6.54 Å². The molecule has 0 radical (unpaired) electrons. The Bertz CT molecular complexity index is 289. The Morgan fingerprint density at radius 1 is 1.31 bits per heavy atom. The zero-order valence-electron chi connectivity index (χ0n) is 7.37. The van der Waals surface area contributed by atoms with Gasteiger partial charge in [-0.3, -0.25) is 0 Å². The van der Waals surface area contributed by atoms with Crippen molar-refractivity contribution >= 4 is 11.8 Å². The largest absolute Gasteiger partial charge is 0.504 e. The highest BCUT2D eigenvalue weighted by molar-refractivity contribution is 6.13. The monoisotopic (exact) mass is 201 g/mol. The third kappa shape index (κ3) is 3.13. The second-order valence-corrected chi connectivity index (χ2v) is 3.48. The molecular weight excluding hydrogens is 190 g/mol. The lowest BCUT2D eigenvalue weighted by molar-refractivity contribution is 0.403. The van der Waals surface area contributed by atoms with Crippen LogP contribution in [0, 0.1) is 0 Å². The summed E-state index contributed by atoms with van der Waals surface area (Å²) < 4.78 is 1.55. The lowest BCUT2D eigenvalue weighted by Gasteiger charge is -2.07. The molecule has 72 valence electrons. The number of halogens is 1. The predicted molar refractivity (Wildman–Crippen MR) is 52.0 cm³/mol. The second kappa shape index (κ2) is 4.35. The molecule has 0 aliphatic heterocycles. The molecule has 0 saturated heterocycles. The summed E-state index contributed by atoms with van der Waals surface area (Å²) in [6, 6.07) is 4.77. The molecule has 2 N–H and O–H groups in total. The SMILES string of the molecule is CN(Cl)CCc1ccc(O)c(O)c1. The van der Waals surface area contributed by atoms with Gasteiger partial charge in [-0.2, -0.15) is 0 Å². The first-order chi connectivity index (χ1) is 6.09. The smallest absolute Gasteiger partial charge is 0.157 e. The maximum Gasteiger partial charge on any atom is 0.157 e. The summed E-state index contributed by atoms with van der Waals surface area (Å²) in [6.45, 7) is 0.700. The number of phenolic OH excluding ortho intramolecular Hbond substituents is 2. The lowest BCUT2D eigenvalue weighted by atomic mass is 10.1. The van der Waals surface area contributed by atoms with Crippen LogP contribution >= 0.6 is 11.8 Å². The van der Waals surface area contributed by atoms with Crippen molar-refractivity contribution in [3.8, 4) is 11.5 Å². The molecule has 3 nitrogen and oxygen atoms in total. The van der Waals surface area contributed by atoms with Crippen LogP contribution in [0.2, 0.25) is 0 Å². The highest BCUT2D eigenvalue weighted by atomic mass is 35.5. The van der Waals surface area contributed by atoms with E-state index in [-0.39, 0.29) is 11.5 Å². The Balaban J connectivity index is 2.63. The summed E-state index contributed by atoms with van der Waals surface area (Å²) in [5.74, 6) is -0.183. The lowest BCUT2D eigenvalue weighted by Crippen LogP contribution is -2.08. The minimum absolute atomic E-state index is 0.0882. The van der Waals surface area contributed by atoms with Crippen LogP contribution in [0.3, 0.4) is 0 Å². The summed E-state index contributed by atoms with van der Waals surface area (Å²) in [7, 11) is 1.77. The Morgan fingerprint density at radius 2 is 2.00 bits per heavy atom. The number of rotatable bonds is 3. The number of likely N-dealkylation sites (N-methyl/N-ethyl adjacent to an activating group) is 1. The molecule has 0 bridgehead atoms. The fourth-order valence-electron chi connectivity index (χ4n) is 1.01. The Hall–Kier alpha value is -0.930. The summed E-state index contributed by atoms with van der Waals surface area (Å²) in [5, 5.41) is 18.2. The molecular formula is C9H12ClNO2. The van der Waals surface area contributed by atoms with Crippen molar-refractivity contribution in [1.29, 1.82) is 0 Å². The quantitative estimate of drug-likeness (QED) is 0.578. The van der Waals surface area contributed by atoms with Crippen LogP contribution in [-0.2, 0) is 6.42 Å². The molecule has 13 heavy (non-hydrogen) atoms. The van der Waals surface area contributed by atoms with Gasteiger partial charge in [0.2, 0.25) is 0 Å². The number of nitrogens with zero attached hydrogens (tertiary/aromatic N) is 1. The molecule has 1 rings (SSSR count). The summed E-state index contributed by atoms with van der Waals surface area (Å²) >= 11 is 5.62. The van der Waals surface area contributed by atoms with Gasteiger partial charge in [-0.25, -0.2) is 4.42 Å². The average Bonchev–Trinajstić information content (AvgIpc) is 2.07. The van der Waals surface area contributed by atoms with Crippen LogP contribution in [0.15, 0.2) is 18.2 Å². The van der Waals surface area contributed by atoms with Crippen molar-refractivity contribution in [2.45, 2.75) is 6.42 Å². The van der Waals surface area contributed by atoms with Gasteiger partial charge in [-0.05, 0) is 35.9 Å². The third-order valence-electron chi connectivity index (χ3n) is 1.75. The van der Waals surface area contributed by atoms with Crippen molar-refractivity contribution in [2.24, 2.45) is 0 Å². The van der Waals surface area contributed by atoms with Crippen LogP contribution in [0.1, 0.15) is 5.56 Å². The van der Waals surface area contributed by atoms with Crippen LogP contribution in [0.4, 0.5) is 0 Å². The van der Waals surface area contributed by atoms with Gasteiger partial charge in [-0.1, -0.05) is 6.07 Å². The van der Waals surface area contributed by atoms with Crippen molar-refractivity contribution in [1.82, 2.24) is 4.42 Å². The van der Waals surface area contributed by atoms with E-state index in [1.54, 1.807) is 17.5 Å². The van der Waals surface area contributed by atoms with Gasteiger partial charge in [0, 0.05) is 13.6 Å². The van der Waals surface area contributed by atoms with E-state index < -0.39 is 0 Å². The fourth-order valence-corrected chi connectivity index (χ4v) is 1.09. The van der Waals surface area contributed by atoms with Gasteiger partial charge in [0.25, 0.3) is 0 Å². The van der Waals surface area contributed by atoms with Crippen LogP contribution in [0.25, 0.3) is 0 Å². The molecule has 0 aliphatic rings. The topological polar surface area (TPSA) is 43.7 Å². The first-order valence-corrected chi connectivity index (χ1v) is 4.31. The molecule has 0 spiro atoms. The molecule has 0 unspecified atom stereocenters. The minimum atomic E-state index is -0.0945. The van der Waals surface area contributed by atoms with E-state index in [9.17, 15) is 0 Å². The highest BCUT2D eigenvalue weighted by Gasteiger charge is 2.01. The first-order valence-electron chi connectivity index (χ1n) is 3.97. The molecule has 0 aromatic heterocycles. The summed E-state index contributed by atoms with van der Waals surface area (Å²) in [5.41, 5.74) is 0.947. The molecule has 0 fully saturated rings. The van der Waals surface area contributed by atoms with Crippen molar-refractivity contribution < 1.29 is 10.2 Å². The summed E-state index contributed by atoms with van der Waals surface area (Å²) in [4.78, 5) is 0. The van der Waals surface area contributed by atoms with Crippen LogP contribution in [-0.4, -0.2) is 28.2 Å². The van der Waals surface area contributed by atoms with E-state index in [1.165, 1.54) is 12.1 Å². The standard InChI is InChI=1S/C9H12ClNO2/c1-11(10)5-4-7-2-3-8(12)9(13)6-7/h2-3,6,12-13H,4-5H2,1H3. The van der Waals surface area contributed by atoms with Gasteiger partial charge < -0.3 is 10.2 Å². The molecule has 0 saturated carbocycles. The minimum Gasteiger partial charge on any atom is -0.504 e. The molecule has 0 atom stereocenters. The van der Waals surface area contributed by atoms with Gasteiger partial charge in [0.1, 0.15) is 0 Å². The highest BCUT2D eigenvalue weighted by Crippen LogP contribution is 2.24. The van der Waals surface area contributed by atoms with Crippen molar-refractivity contribution in [2.75, 3.05) is 13.6 Å². The third-order valence-corrected chi connectivity index (χ3v) is 1.92. The Kier molecular flexibility index (Phi) is 3.39. The second-order valence-electron chi connectivity index (χ2n) is 2.90. The van der Waals surface area contributed by atoms with Gasteiger partial charge >= 0.3 is 0 Å². The Morgan fingerprint density at radius 3 is 2.54 bits per heavy atom. The average molecular weight is 202 g/mol. The van der Waals surface area contributed by atoms with E-state index in [0.717, 1.165) is 12.0 Å². The number of benzene rings is 1. The van der Waals surface area contributed by atoms with Crippen molar-refractivity contribution in [3.05, 3.63) is 23.8 Å². The first kappa shape index (κ1) is 10.2. The molecule has 4 heteroatoms. The van der Waals surface area contributed by atoms with Gasteiger partial charge in [-0.15, -0.1) is 0 Å². The zero-order chi connectivity index (χ0) is 9.84. The number of hydrogen-bond donors (Lipinski definition) is 2. The Labute approximate surface area is 82.3 Å². The molecule has 0 amide bonds. The predicted octanol–water partition coefficient (Wildman–Crippen LogP) is 1.73. The number of hydrogen-bond acceptors (Lipinski definition) is 3. The zero-order valence-corrected chi connectivity index (χ0v) is 8.12. The van der Waals surface area contributed by atoms with Crippen molar-refractivity contribution in [3.63, 3.8) is 0 Å². The van der Waals surface area contributed by atoms with E-state index >= 15 is 0 Å². The number of aromatic hydroxyl groups is 2. The maximum atomic E-state index is 9.17. The molecule has 1 aromatic rings. The van der Waals surface area contributed by atoms with Gasteiger partial charge in [0.05, 0.1) is 0 Å². The van der Waals surface area contributed by atoms with E-state index in [4.69, 9.17) is 22.0 Å². The fraction of sp³-hybridized carbons (Fsp3) is 0.333. The molecule has 0 aliphatic carbocycles. The summed E-state index contributed by atoms with van der Waals surface area (Å²) in [6.07, 6.45) is 0.744. The molecule has 1 aromatic carbocycles. The van der Waals surface area contributed by atoms with E-state index in [1.807, 2.05) is 0 Å². The maximum absolute atomic E-state index is 9.17. The number of phenols is 2. The van der Waals surface area contributed by atoms with Crippen LogP contribution in [0.5, 0.6) is 11.5 Å². The normalized spacial score (nSPS) is 10.7.